The molecular weight excluding hydrogens is 328 g/mol. The molecule has 0 atom stereocenters. The molecule has 0 aliphatic rings. The lowest BCUT2D eigenvalue weighted by molar-refractivity contribution is -0.384. The summed E-state index contributed by atoms with van der Waals surface area (Å²) in [6.45, 7) is 4.15. The van der Waals surface area contributed by atoms with Crippen LogP contribution in [0.15, 0.2) is 26.9 Å². The van der Waals surface area contributed by atoms with Crippen LogP contribution in [0.4, 0.5) is 5.69 Å². The lowest BCUT2D eigenvalue weighted by Crippen LogP contribution is -1.85. The van der Waals surface area contributed by atoms with E-state index < -0.39 is 4.92 Å². The number of nitrogens with zero attached hydrogens (tertiary/aromatic N) is 4. The monoisotopic (exact) mass is 338 g/mol. The molecular formula is C12H10N4O2S3. The quantitative estimate of drug-likeness (QED) is 0.520. The van der Waals surface area contributed by atoms with Gasteiger partial charge in [-0.05, 0) is 17.8 Å². The molecule has 9 heteroatoms. The molecule has 0 saturated heterocycles. The minimum atomic E-state index is -0.397. The molecule has 0 fully saturated rings. The number of fused-ring (bicyclic) bond motifs is 1. The van der Waals surface area contributed by atoms with Crippen LogP contribution in [0, 0.1) is 10.1 Å². The van der Waals surface area contributed by atoms with E-state index in [1.165, 1.54) is 29.2 Å². The SMILES string of the molecule is CC(C)c1nnc(Sc2nc3ccc([N+](=O)[O-])cc3s2)s1. The highest BCUT2D eigenvalue weighted by Gasteiger charge is 2.14. The van der Waals surface area contributed by atoms with Crippen LogP contribution in [0.25, 0.3) is 10.2 Å². The van der Waals surface area contributed by atoms with Gasteiger partial charge < -0.3 is 0 Å². The highest BCUT2D eigenvalue weighted by atomic mass is 32.2. The number of thiazole rings is 1. The predicted octanol–water partition coefficient (Wildman–Crippen LogP) is 4.33. The van der Waals surface area contributed by atoms with E-state index in [4.69, 9.17) is 0 Å². The Morgan fingerprint density at radius 2 is 2.05 bits per heavy atom. The average molecular weight is 338 g/mol. The zero-order valence-corrected chi connectivity index (χ0v) is 13.6. The standard InChI is InChI=1S/C12H10N4O2S3/c1-6(2)10-14-15-12(20-10)21-11-13-8-4-3-7(16(17)18)5-9(8)19-11/h3-6H,1-2H3. The molecule has 2 aromatic heterocycles. The van der Waals surface area contributed by atoms with Crippen molar-refractivity contribution in [1.82, 2.24) is 15.2 Å². The minimum Gasteiger partial charge on any atom is -0.258 e. The van der Waals surface area contributed by atoms with Gasteiger partial charge in [0.1, 0.15) is 5.01 Å². The molecule has 21 heavy (non-hydrogen) atoms. The summed E-state index contributed by atoms with van der Waals surface area (Å²) in [5.41, 5.74) is 0.849. The lowest BCUT2D eigenvalue weighted by atomic mass is 10.2. The lowest BCUT2D eigenvalue weighted by Gasteiger charge is -1.93. The number of rotatable bonds is 4. The highest BCUT2D eigenvalue weighted by molar-refractivity contribution is 8.02. The van der Waals surface area contributed by atoms with E-state index in [1.807, 2.05) is 0 Å². The third-order valence-electron chi connectivity index (χ3n) is 2.65. The fourth-order valence-electron chi connectivity index (χ4n) is 1.62. The van der Waals surface area contributed by atoms with Gasteiger partial charge in [0.15, 0.2) is 8.68 Å². The second-order valence-electron chi connectivity index (χ2n) is 4.55. The minimum absolute atomic E-state index is 0.0840. The zero-order chi connectivity index (χ0) is 15.0. The average Bonchev–Trinajstić information content (AvgIpc) is 3.03. The molecule has 3 rings (SSSR count). The molecule has 0 aliphatic carbocycles. The maximum Gasteiger partial charge on any atom is 0.270 e. The molecule has 0 amide bonds. The van der Waals surface area contributed by atoms with Crippen LogP contribution in [0.1, 0.15) is 24.8 Å². The molecule has 0 aliphatic heterocycles. The van der Waals surface area contributed by atoms with Crippen LogP contribution in [-0.4, -0.2) is 20.1 Å². The summed E-state index contributed by atoms with van der Waals surface area (Å²) in [4.78, 5) is 14.8. The van der Waals surface area contributed by atoms with Crippen LogP contribution in [0.3, 0.4) is 0 Å². The van der Waals surface area contributed by atoms with Gasteiger partial charge in [0.25, 0.3) is 5.69 Å². The summed E-state index contributed by atoms with van der Waals surface area (Å²) < 4.78 is 2.46. The first kappa shape index (κ1) is 14.4. The van der Waals surface area contributed by atoms with E-state index >= 15 is 0 Å². The van der Waals surface area contributed by atoms with Crippen LogP contribution in [0.2, 0.25) is 0 Å². The van der Waals surface area contributed by atoms with Crippen molar-refractivity contribution in [1.29, 1.82) is 0 Å². The van der Waals surface area contributed by atoms with Crippen molar-refractivity contribution in [3.8, 4) is 0 Å². The molecule has 0 spiro atoms. The molecule has 1 aromatic carbocycles. The molecule has 0 radical (unpaired) electrons. The molecule has 3 aromatic rings. The van der Waals surface area contributed by atoms with Gasteiger partial charge in [-0.15, -0.1) is 21.5 Å². The van der Waals surface area contributed by atoms with Crippen molar-refractivity contribution in [3.63, 3.8) is 0 Å². The number of nitro benzene ring substituents is 1. The summed E-state index contributed by atoms with van der Waals surface area (Å²) in [6, 6.07) is 4.70. The number of non-ortho nitro benzene ring substituents is 1. The number of aromatic nitrogens is 3. The molecule has 0 saturated carbocycles. The number of hydrogen-bond acceptors (Lipinski definition) is 8. The zero-order valence-electron chi connectivity index (χ0n) is 11.1. The second kappa shape index (κ2) is 5.66. The molecule has 0 unspecified atom stereocenters. The van der Waals surface area contributed by atoms with Crippen molar-refractivity contribution in [2.75, 3.05) is 0 Å². The number of benzene rings is 1. The van der Waals surface area contributed by atoms with E-state index in [0.717, 1.165) is 23.9 Å². The first-order valence-corrected chi connectivity index (χ1v) is 8.54. The van der Waals surface area contributed by atoms with E-state index in [1.54, 1.807) is 23.5 Å². The largest absolute Gasteiger partial charge is 0.270 e. The van der Waals surface area contributed by atoms with Gasteiger partial charge in [-0.1, -0.05) is 25.2 Å². The first-order chi connectivity index (χ1) is 10.0. The van der Waals surface area contributed by atoms with Crippen molar-refractivity contribution in [2.24, 2.45) is 0 Å². The molecule has 108 valence electrons. The molecule has 0 bridgehead atoms. The van der Waals surface area contributed by atoms with Crippen LogP contribution in [0.5, 0.6) is 0 Å². The van der Waals surface area contributed by atoms with Gasteiger partial charge in [0.2, 0.25) is 0 Å². The Morgan fingerprint density at radius 3 is 2.71 bits per heavy atom. The Balaban J connectivity index is 1.88. The maximum absolute atomic E-state index is 10.8. The van der Waals surface area contributed by atoms with Gasteiger partial charge in [0.05, 0.1) is 15.1 Å². The third kappa shape index (κ3) is 3.04. The normalized spacial score (nSPS) is 11.4. The van der Waals surface area contributed by atoms with Gasteiger partial charge in [-0.3, -0.25) is 10.1 Å². The Morgan fingerprint density at radius 1 is 1.24 bits per heavy atom. The maximum atomic E-state index is 10.8. The van der Waals surface area contributed by atoms with Gasteiger partial charge in [-0.25, -0.2) is 4.98 Å². The number of nitro groups is 1. The Hall–Kier alpha value is -1.58. The van der Waals surface area contributed by atoms with Crippen LogP contribution in [-0.2, 0) is 0 Å². The molecule has 2 heterocycles. The van der Waals surface area contributed by atoms with Gasteiger partial charge >= 0.3 is 0 Å². The number of hydrogen-bond donors (Lipinski definition) is 0. The van der Waals surface area contributed by atoms with E-state index in [9.17, 15) is 10.1 Å². The Kier molecular flexibility index (Phi) is 3.87. The van der Waals surface area contributed by atoms with Gasteiger partial charge in [0, 0.05) is 18.1 Å². The van der Waals surface area contributed by atoms with E-state index in [0.29, 0.717) is 5.92 Å². The summed E-state index contributed by atoms with van der Waals surface area (Å²) in [5.74, 6) is 0.356. The summed E-state index contributed by atoms with van der Waals surface area (Å²) in [7, 11) is 0. The van der Waals surface area contributed by atoms with Crippen LogP contribution >= 0.6 is 34.4 Å². The Labute approximate surface area is 132 Å². The second-order valence-corrected chi connectivity index (χ2v) is 8.09. The molecule has 6 nitrogen and oxygen atoms in total. The molecule has 0 N–H and O–H groups in total. The smallest absolute Gasteiger partial charge is 0.258 e. The first-order valence-electron chi connectivity index (χ1n) is 6.09. The third-order valence-corrected chi connectivity index (χ3v) is 6.01. The van der Waals surface area contributed by atoms with Crippen LogP contribution < -0.4 is 0 Å². The Bertz CT molecular complexity index is 812. The van der Waals surface area contributed by atoms with Crippen molar-refractivity contribution < 1.29 is 4.92 Å². The highest BCUT2D eigenvalue weighted by Crippen LogP contribution is 2.37. The summed E-state index contributed by atoms with van der Waals surface area (Å²) >= 11 is 4.43. The van der Waals surface area contributed by atoms with E-state index in [2.05, 4.69) is 29.0 Å². The fraction of sp³-hybridized carbons (Fsp3) is 0.250. The van der Waals surface area contributed by atoms with Crippen molar-refractivity contribution in [2.45, 2.75) is 28.4 Å². The van der Waals surface area contributed by atoms with Gasteiger partial charge in [-0.2, -0.15) is 0 Å². The van der Waals surface area contributed by atoms with Crippen molar-refractivity contribution >= 4 is 50.3 Å². The van der Waals surface area contributed by atoms with Crippen molar-refractivity contribution in [3.05, 3.63) is 33.3 Å². The topological polar surface area (TPSA) is 81.8 Å². The predicted molar refractivity (Wildman–Crippen MR) is 84.4 cm³/mol. The fourth-order valence-corrected chi connectivity index (χ4v) is 4.79. The van der Waals surface area contributed by atoms with E-state index in [-0.39, 0.29) is 5.69 Å². The summed E-state index contributed by atoms with van der Waals surface area (Å²) in [6.07, 6.45) is 0. The summed E-state index contributed by atoms with van der Waals surface area (Å²) in [5, 5.41) is 20.0.